The molecule has 1 aromatic heterocycles. The summed E-state index contributed by atoms with van der Waals surface area (Å²) < 4.78 is 5.16. The van der Waals surface area contributed by atoms with Crippen LogP contribution in [0.2, 0.25) is 0 Å². The second-order valence-electron chi connectivity index (χ2n) is 4.61. The van der Waals surface area contributed by atoms with Crippen molar-refractivity contribution in [3.63, 3.8) is 0 Å². The molecule has 0 radical (unpaired) electrons. The molecule has 0 saturated heterocycles. The van der Waals surface area contributed by atoms with Crippen LogP contribution in [-0.4, -0.2) is 18.7 Å². The summed E-state index contributed by atoms with van der Waals surface area (Å²) in [5.74, 6) is 5.63. The molecule has 4 heteroatoms. The second-order valence-corrected chi connectivity index (χ2v) is 4.61. The molecule has 0 amide bonds. The number of nitrogen functional groups attached to an aromatic ring is 1. The highest BCUT2D eigenvalue weighted by Crippen LogP contribution is 2.26. The van der Waals surface area contributed by atoms with Gasteiger partial charge < -0.3 is 10.2 Å². The zero-order chi connectivity index (χ0) is 13.7. The molecule has 0 saturated carbocycles. The molecule has 0 aliphatic heterocycles. The number of nitrogens with one attached hydrogen (secondary N) is 1. The Morgan fingerprint density at radius 2 is 2.16 bits per heavy atom. The molecule has 4 nitrogen and oxygen atoms in total. The number of ether oxygens (including phenoxy) is 1. The summed E-state index contributed by atoms with van der Waals surface area (Å²) in [7, 11) is 1.72. The van der Waals surface area contributed by atoms with Crippen LogP contribution in [0.25, 0.3) is 10.9 Å². The Morgan fingerprint density at radius 1 is 1.32 bits per heavy atom. The third-order valence-corrected chi connectivity index (χ3v) is 3.21. The third kappa shape index (κ3) is 3.03. The first-order chi connectivity index (χ1) is 9.30. The fourth-order valence-corrected chi connectivity index (χ4v) is 2.28. The number of aromatic nitrogens is 1. The van der Waals surface area contributed by atoms with Gasteiger partial charge in [0, 0.05) is 18.2 Å². The minimum absolute atomic E-state index is 0.699. The standard InChI is InChI=1S/C15H21N3O/c1-3-5-12-10-14(18-16)13-7-4-6-11(8-9-19-2)15(13)17-12/h4,6-7,10H,3,5,8-9,16H2,1-2H3,(H,17,18). The zero-order valence-corrected chi connectivity index (χ0v) is 11.6. The summed E-state index contributed by atoms with van der Waals surface area (Å²) in [4.78, 5) is 4.78. The maximum absolute atomic E-state index is 5.63. The Balaban J connectivity index is 2.54. The van der Waals surface area contributed by atoms with Gasteiger partial charge in [-0.05, 0) is 24.5 Å². The van der Waals surface area contributed by atoms with Gasteiger partial charge in [0.15, 0.2) is 0 Å². The van der Waals surface area contributed by atoms with Gasteiger partial charge in [-0.25, -0.2) is 0 Å². The van der Waals surface area contributed by atoms with Gasteiger partial charge in [0.25, 0.3) is 0 Å². The summed E-state index contributed by atoms with van der Waals surface area (Å²) >= 11 is 0. The molecular weight excluding hydrogens is 238 g/mol. The Kier molecular flexibility index (Phi) is 4.71. The number of hydrazine groups is 1. The Hall–Kier alpha value is -1.65. The van der Waals surface area contributed by atoms with Crippen molar-refractivity contribution in [1.29, 1.82) is 0 Å². The normalized spacial score (nSPS) is 10.9. The summed E-state index contributed by atoms with van der Waals surface area (Å²) in [6, 6.07) is 8.22. The number of hydrogen-bond donors (Lipinski definition) is 2. The van der Waals surface area contributed by atoms with Gasteiger partial charge in [-0.3, -0.25) is 10.8 Å². The van der Waals surface area contributed by atoms with E-state index in [9.17, 15) is 0 Å². The molecule has 3 N–H and O–H groups in total. The van der Waals surface area contributed by atoms with E-state index in [1.165, 1.54) is 5.56 Å². The van der Waals surface area contributed by atoms with E-state index >= 15 is 0 Å². The Morgan fingerprint density at radius 3 is 2.84 bits per heavy atom. The predicted octanol–water partition coefficient (Wildman–Crippen LogP) is 2.66. The first-order valence-corrected chi connectivity index (χ1v) is 6.67. The summed E-state index contributed by atoms with van der Waals surface area (Å²) in [6.45, 7) is 2.85. The lowest BCUT2D eigenvalue weighted by Crippen LogP contribution is -2.09. The molecule has 2 aromatic rings. The monoisotopic (exact) mass is 259 g/mol. The summed E-state index contributed by atoms with van der Waals surface area (Å²) in [5, 5.41) is 1.07. The first-order valence-electron chi connectivity index (χ1n) is 6.67. The van der Waals surface area contributed by atoms with Crippen molar-refractivity contribution >= 4 is 16.6 Å². The molecule has 2 rings (SSSR count). The highest BCUT2D eigenvalue weighted by Gasteiger charge is 2.08. The van der Waals surface area contributed by atoms with Crippen LogP contribution in [0.1, 0.15) is 24.6 Å². The van der Waals surface area contributed by atoms with Gasteiger partial charge in [-0.2, -0.15) is 0 Å². The number of methoxy groups -OCH3 is 1. The maximum atomic E-state index is 5.63. The molecule has 0 fully saturated rings. The van der Waals surface area contributed by atoms with Gasteiger partial charge in [-0.15, -0.1) is 0 Å². The van der Waals surface area contributed by atoms with Crippen LogP contribution in [-0.2, 0) is 17.6 Å². The van der Waals surface area contributed by atoms with Gasteiger partial charge in [0.2, 0.25) is 0 Å². The molecule has 19 heavy (non-hydrogen) atoms. The number of aryl methyl sites for hydroxylation is 1. The minimum Gasteiger partial charge on any atom is -0.384 e. The third-order valence-electron chi connectivity index (χ3n) is 3.21. The number of nitrogens with zero attached hydrogens (tertiary/aromatic N) is 1. The number of nitrogens with two attached hydrogens (primary N) is 1. The highest BCUT2D eigenvalue weighted by atomic mass is 16.5. The lowest BCUT2D eigenvalue weighted by Gasteiger charge is -2.12. The molecule has 0 bridgehead atoms. The Bertz CT molecular complexity index is 554. The van der Waals surface area contributed by atoms with Crippen LogP contribution < -0.4 is 11.3 Å². The number of rotatable bonds is 6. The van der Waals surface area contributed by atoms with Crippen molar-refractivity contribution in [1.82, 2.24) is 4.98 Å². The van der Waals surface area contributed by atoms with Crippen LogP contribution in [0.5, 0.6) is 0 Å². The molecule has 0 spiro atoms. The van der Waals surface area contributed by atoms with Crippen LogP contribution >= 0.6 is 0 Å². The van der Waals surface area contributed by atoms with E-state index in [2.05, 4.69) is 18.4 Å². The van der Waals surface area contributed by atoms with E-state index in [0.717, 1.165) is 41.5 Å². The first kappa shape index (κ1) is 13.8. The molecule has 102 valence electrons. The van der Waals surface area contributed by atoms with Gasteiger partial charge >= 0.3 is 0 Å². The molecule has 1 heterocycles. The lowest BCUT2D eigenvalue weighted by atomic mass is 10.0. The molecule has 0 unspecified atom stereocenters. The van der Waals surface area contributed by atoms with Crippen molar-refractivity contribution in [2.24, 2.45) is 5.84 Å². The van der Waals surface area contributed by atoms with Gasteiger partial charge in [0.05, 0.1) is 17.8 Å². The van der Waals surface area contributed by atoms with Crippen LogP contribution in [0, 0.1) is 0 Å². The topological polar surface area (TPSA) is 60.2 Å². The highest BCUT2D eigenvalue weighted by molar-refractivity contribution is 5.93. The number of anilines is 1. The predicted molar refractivity (Wildman–Crippen MR) is 79.1 cm³/mol. The van der Waals surface area contributed by atoms with E-state index in [1.54, 1.807) is 7.11 Å². The largest absolute Gasteiger partial charge is 0.384 e. The number of fused-ring (bicyclic) bond motifs is 1. The summed E-state index contributed by atoms with van der Waals surface area (Å²) in [6.07, 6.45) is 2.90. The maximum Gasteiger partial charge on any atom is 0.0759 e. The number of pyridine rings is 1. The zero-order valence-electron chi connectivity index (χ0n) is 11.6. The van der Waals surface area contributed by atoms with Crippen molar-refractivity contribution in [2.75, 3.05) is 19.1 Å². The number of hydrogen-bond acceptors (Lipinski definition) is 4. The van der Waals surface area contributed by atoms with Crippen molar-refractivity contribution in [2.45, 2.75) is 26.2 Å². The van der Waals surface area contributed by atoms with Gasteiger partial charge in [-0.1, -0.05) is 31.5 Å². The molecular formula is C15H21N3O. The molecule has 1 aromatic carbocycles. The Labute approximate surface area is 113 Å². The van der Waals surface area contributed by atoms with Crippen molar-refractivity contribution in [3.8, 4) is 0 Å². The molecule has 0 aliphatic carbocycles. The second kappa shape index (κ2) is 6.50. The van der Waals surface area contributed by atoms with E-state index in [-0.39, 0.29) is 0 Å². The average molecular weight is 259 g/mol. The molecule has 0 atom stereocenters. The van der Waals surface area contributed by atoms with E-state index in [0.29, 0.717) is 6.61 Å². The SMILES string of the molecule is CCCc1cc(NN)c2cccc(CCOC)c2n1. The van der Waals surface area contributed by atoms with Crippen LogP contribution in [0.15, 0.2) is 24.3 Å². The fourth-order valence-electron chi connectivity index (χ4n) is 2.28. The van der Waals surface area contributed by atoms with Crippen LogP contribution in [0.4, 0.5) is 5.69 Å². The van der Waals surface area contributed by atoms with E-state index in [1.807, 2.05) is 18.2 Å². The number of benzene rings is 1. The lowest BCUT2D eigenvalue weighted by molar-refractivity contribution is 0.202. The van der Waals surface area contributed by atoms with Crippen molar-refractivity contribution < 1.29 is 4.74 Å². The van der Waals surface area contributed by atoms with Crippen molar-refractivity contribution in [3.05, 3.63) is 35.5 Å². The van der Waals surface area contributed by atoms with E-state index < -0.39 is 0 Å². The van der Waals surface area contributed by atoms with Crippen LogP contribution in [0.3, 0.4) is 0 Å². The smallest absolute Gasteiger partial charge is 0.0759 e. The van der Waals surface area contributed by atoms with E-state index in [4.69, 9.17) is 15.6 Å². The quantitative estimate of drug-likeness (QED) is 0.618. The fraction of sp³-hybridized carbons (Fsp3) is 0.400. The molecule has 0 aliphatic rings. The minimum atomic E-state index is 0.699. The number of para-hydroxylation sites is 1. The van der Waals surface area contributed by atoms with Gasteiger partial charge in [0.1, 0.15) is 0 Å². The average Bonchev–Trinajstić information content (AvgIpc) is 2.44. The summed E-state index contributed by atoms with van der Waals surface area (Å²) in [5.41, 5.74) is 7.02.